The number of aromatic nitrogens is 4. The fourth-order valence-corrected chi connectivity index (χ4v) is 3.23. The van der Waals surface area contributed by atoms with Crippen LogP contribution in [0, 0.1) is 0 Å². The van der Waals surface area contributed by atoms with Crippen molar-refractivity contribution in [3.63, 3.8) is 0 Å². The number of hydrogen-bond donors (Lipinski definition) is 1. The molecule has 0 aliphatic carbocycles. The largest absolute Gasteiger partial charge is 0.493 e. The molecule has 0 unspecified atom stereocenters. The number of benzene rings is 1. The molecular formula is C20H16N4O4. The van der Waals surface area contributed by atoms with Gasteiger partial charge in [-0.05, 0) is 29.8 Å². The monoisotopic (exact) mass is 376 g/mol. The highest BCUT2D eigenvalue weighted by molar-refractivity contribution is 5.76. The average Bonchev–Trinajstić information content (AvgIpc) is 2.72. The molecule has 0 aliphatic rings. The van der Waals surface area contributed by atoms with Gasteiger partial charge in [-0.25, -0.2) is 0 Å². The normalized spacial score (nSPS) is 12.2. The Bertz CT molecular complexity index is 1250. The van der Waals surface area contributed by atoms with Crippen LogP contribution in [0.1, 0.15) is 23.5 Å². The van der Waals surface area contributed by atoms with E-state index in [4.69, 9.17) is 4.74 Å². The number of ether oxygens (including phenoxy) is 1. The lowest BCUT2D eigenvalue weighted by Crippen LogP contribution is -2.24. The summed E-state index contributed by atoms with van der Waals surface area (Å²) in [6.45, 7) is 0. The minimum Gasteiger partial charge on any atom is -0.493 e. The summed E-state index contributed by atoms with van der Waals surface area (Å²) in [6.07, 6.45) is 4.57. The van der Waals surface area contributed by atoms with E-state index >= 15 is 0 Å². The number of esters is 1. The highest BCUT2D eigenvalue weighted by Gasteiger charge is 2.27. The van der Waals surface area contributed by atoms with Gasteiger partial charge in [0.1, 0.15) is 5.65 Å². The molecule has 3 heterocycles. The summed E-state index contributed by atoms with van der Waals surface area (Å²) in [5, 5.41) is 10.5. The van der Waals surface area contributed by atoms with E-state index in [-0.39, 0.29) is 12.0 Å². The van der Waals surface area contributed by atoms with Crippen LogP contribution in [0.2, 0.25) is 0 Å². The summed E-state index contributed by atoms with van der Waals surface area (Å²) < 4.78 is 6.13. The number of aromatic hydroxyl groups is 1. The van der Waals surface area contributed by atoms with Crippen molar-refractivity contribution < 1.29 is 14.6 Å². The minimum absolute atomic E-state index is 0.0253. The molecule has 0 saturated carbocycles. The first-order valence-electron chi connectivity index (χ1n) is 8.56. The molecule has 8 heteroatoms. The predicted molar refractivity (Wildman–Crippen MR) is 101 cm³/mol. The fraction of sp³-hybridized carbons (Fsp3) is 0.150. The molecule has 0 fully saturated rings. The second-order valence-corrected chi connectivity index (χ2v) is 6.22. The highest BCUT2D eigenvalue weighted by atomic mass is 16.5. The third kappa shape index (κ3) is 3.05. The van der Waals surface area contributed by atoms with E-state index in [0.29, 0.717) is 22.2 Å². The third-order valence-electron chi connectivity index (χ3n) is 4.59. The number of hydrogen-bond acceptors (Lipinski definition) is 7. The zero-order valence-electron chi connectivity index (χ0n) is 14.9. The first-order valence-corrected chi connectivity index (χ1v) is 8.56. The third-order valence-corrected chi connectivity index (χ3v) is 4.59. The molecule has 1 aromatic carbocycles. The van der Waals surface area contributed by atoms with Gasteiger partial charge in [-0.15, -0.1) is 0 Å². The van der Waals surface area contributed by atoms with Crippen LogP contribution in [0.25, 0.3) is 16.7 Å². The molecule has 0 radical (unpaired) electrons. The topological polar surface area (TPSA) is 107 Å². The number of pyridine rings is 1. The Labute approximate surface area is 159 Å². The average molecular weight is 376 g/mol. The van der Waals surface area contributed by atoms with Gasteiger partial charge in [0.15, 0.2) is 0 Å². The van der Waals surface area contributed by atoms with Gasteiger partial charge in [0.05, 0.1) is 30.1 Å². The first kappa shape index (κ1) is 17.6. The Hall–Kier alpha value is -3.81. The van der Waals surface area contributed by atoms with Gasteiger partial charge in [-0.3, -0.25) is 24.0 Å². The summed E-state index contributed by atoms with van der Waals surface area (Å²) in [6, 6.07) is 10.3. The minimum atomic E-state index is -0.754. The van der Waals surface area contributed by atoms with E-state index in [9.17, 15) is 14.7 Å². The van der Waals surface area contributed by atoms with Crippen molar-refractivity contribution in [3.8, 4) is 5.88 Å². The van der Waals surface area contributed by atoms with Gasteiger partial charge in [-0.1, -0.05) is 12.1 Å². The molecular weight excluding hydrogens is 360 g/mol. The Balaban J connectivity index is 1.95. The van der Waals surface area contributed by atoms with Crippen molar-refractivity contribution in [1.29, 1.82) is 0 Å². The lowest BCUT2D eigenvalue weighted by Gasteiger charge is -2.18. The van der Waals surface area contributed by atoms with Crippen LogP contribution < -0.4 is 5.56 Å². The van der Waals surface area contributed by atoms with E-state index < -0.39 is 23.3 Å². The van der Waals surface area contributed by atoms with Gasteiger partial charge < -0.3 is 9.84 Å². The number of carbonyl (C=O) groups excluding carboxylic acids is 1. The van der Waals surface area contributed by atoms with Crippen molar-refractivity contribution in [2.45, 2.75) is 12.3 Å². The summed E-state index contributed by atoms with van der Waals surface area (Å²) >= 11 is 0. The van der Waals surface area contributed by atoms with E-state index in [1.807, 2.05) is 0 Å². The molecule has 140 valence electrons. The maximum absolute atomic E-state index is 13.1. The highest BCUT2D eigenvalue weighted by Crippen LogP contribution is 2.32. The molecule has 0 saturated heterocycles. The number of rotatable bonds is 4. The van der Waals surface area contributed by atoms with Gasteiger partial charge in [0.25, 0.3) is 5.56 Å². The lowest BCUT2D eigenvalue weighted by molar-refractivity contribution is -0.140. The Kier molecular flexibility index (Phi) is 4.44. The molecule has 0 spiro atoms. The van der Waals surface area contributed by atoms with Gasteiger partial charge in [0.2, 0.25) is 5.88 Å². The quantitative estimate of drug-likeness (QED) is 0.543. The SMILES string of the molecule is COC(=O)C[C@@H](c1ccc2nccnc2c1)c1c(O)nc2ccccn2c1=O. The molecule has 28 heavy (non-hydrogen) atoms. The van der Waals surface area contributed by atoms with Gasteiger partial charge in [-0.2, -0.15) is 4.98 Å². The summed E-state index contributed by atoms with van der Waals surface area (Å²) in [4.78, 5) is 37.8. The van der Waals surface area contributed by atoms with Crippen molar-refractivity contribution >= 4 is 22.6 Å². The Morgan fingerprint density at radius 1 is 1.18 bits per heavy atom. The van der Waals surface area contributed by atoms with Crippen LogP contribution in [0.3, 0.4) is 0 Å². The second-order valence-electron chi connectivity index (χ2n) is 6.22. The van der Waals surface area contributed by atoms with Crippen LogP contribution in [-0.4, -0.2) is 37.5 Å². The van der Waals surface area contributed by atoms with Crippen LogP contribution in [0.15, 0.2) is 59.8 Å². The number of methoxy groups -OCH3 is 1. The standard InChI is InChI=1S/C20H16N4O4/c1-28-17(25)11-13(12-5-6-14-15(10-12)22-8-7-21-14)18-19(26)23-16-4-2-3-9-24(16)20(18)27/h2-10,13,26H,11H2,1H3/t13-/m0/s1. The fourth-order valence-electron chi connectivity index (χ4n) is 3.23. The molecule has 3 aromatic heterocycles. The predicted octanol–water partition coefficient (Wildman–Crippen LogP) is 2.04. The van der Waals surface area contributed by atoms with Crippen molar-refractivity contribution in [1.82, 2.24) is 19.4 Å². The molecule has 4 aromatic rings. The Morgan fingerprint density at radius 3 is 2.75 bits per heavy atom. The van der Waals surface area contributed by atoms with Gasteiger partial charge in [0, 0.05) is 24.5 Å². The maximum Gasteiger partial charge on any atom is 0.306 e. The number of carbonyl (C=O) groups is 1. The van der Waals surface area contributed by atoms with Crippen molar-refractivity contribution in [3.05, 3.63) is 76.5 Å². The van der Waals surface area contributed by atoms with Gasteiger partial charge >= 0.3 is 5.97 Å². The maximum atomic E-state index is 13.1. The number of fused-ring (bicyclic) bond motifs is 2. The van der Waals surface area contributed by atoms with Crippen LogP contribution in [0.4, 0.5) is 0 Å². The molecule has 0 amide bonds. The van der Waals surface area contributed by atoms with Crippen LogP contribution in [0.5, 0.6) is 5.88 Å². The number of nitrogens with zero attached hydrogens (tertiary/aromatic N) is 4. The molecule has 1 N–H and O–H groups in total. The summed E-state index contributed by atoms with van der Waals surface area (Å²) in [7, 11) is 1.27. The summed E-state index contributed by atoms with van der Waals surface area (Å²) in [5.41, 5.74) is 1.82. The molecule has 0 aliphatic heterocycles. The van der Waals surface area contributed by atoms with E-state index in [1.54, 1.807) is 55.0 Å². The first-order chi connectivity index (χ1) is 13.6. The lowest BCUT2D eigenvalue weighted by atomic mass is 9.89. The smallest absolute Gasteiger partial charge is 0.306 e. The van der Waals surface area contributed by atoms with Crippen LogP contribution in [-0.2, 0) is 9.53 Å². The zero-order valence-corrected chi connectivity index (χ0v) is 14.9. The molecule has 4 rings (SSSR count). The van der Waals surface area contributed by atoms with E-state index in [1.165, 1.54) is 11.5 Å². The molecule has 1 atom stereocenters. The van der Waals surface area contributed by atoms with E-state index in [2.05, 4.69) is 15.0 Å². The van der Waals surface area contributed by atoms with Crippen molar-refractivity contribution in [2.75, 3.05) is 7.11 Å². The van der Waals surface area contributed by atoms with Crippen LogP contribution >= 0.6 is 0 Å². The Morgan fingerprint density at radius 2 is 1.96 bits per heavy atom. The zero-order chi connectivity index (χ0) is 19.7. The second kappa shape index (κ2) is 7.07. The molecule has 8 nitrogen and oxygen atoms in total. The van der Waals surface area contributed by atoms with Crippen molar-refractivity contribution in [2.24, 2.45) is 0 Å². The van der Waals surface area contributed by atoms with E-state index in [0.717, 1.165) is 0 Å². The molecule has 0 bridgehead atoms. The summed E-state index contributed by atoms with van der Waals surface area (Å²) in [5.74, 6) is -1.68.